The van der Waals surface area contributed by atoms with E-state index >= 15 is 0 Å². The van der Waals surface area contributed by atoms with Gasteiger partial charge in [0.05, 0.1) is 6.61 Å². The highest BCUT2D eigenvalue weighted by Gasteiger charge is 2.03. The lowest BCUT2D eigenvalue weighted by Crippen LogP contribution is -2.30. The normalized spacial score (nSPS) is 11.4. The molecule has 0 fully saturated rings. The molecule has 0 aromatic carbocycles. The highest BCUT2D eigenvalue weighted by molar-refractivity contribution is 5.95. The molecular formula is C13H21N5O3. The van der Waals surface area contributed by atoms with Crippen molar-refractivity contribution >= 4 is 11.7 Å². The second kappa shape index (κ2) is 9.67. The first-order valence-electron chi connectivity index (χ1n) is 6.56. The third-order valence-corrected chi connectivity index (χ3v) is 2.68. The van der Waals surface area contributed by atoms with Crippen LogP contribution in [0.25, 0.3) is 0 Å². The van der Waals surface area contributed by atoms with E-state index in [4.69, 9.17) is 15.7 Å². The van der Waals surface area contributed by atoms with Crippen LogP contribution in [-0.2, 0) is 16.1 Å². The number of amidine groups is 1. The van der Waals surface area contributed by atoms with E-state index in [-0.39, 0.29) is 11.7 Å². The Morgan fingerprint density at radius 2 is 2.33 bits per heavy atom. The van der Waals surface area contributed by atoms with Crippen LogP contribution in [0.5, 0.6) is 0 Å². The van der Waals surface area contributed by atoms with Crippen molar-refractivity contribution in [3.05, 3.63) is 29.6 Å². The summed E-state index contributed by atoms with van der Waals surface area (Å²) >= 11 is 0. The molecule has 0 aliphatic heterocycles. The number of hydrogen-bond acceptors (Lipinski definition) is 6. The van der Waals surface area contributed by atoms with Gasteiger partial charge in [0.2, 0.25) is 5.91 Å². The maximum absolute atomic E-state index is 11.4. The first-order valence-corrected chi connectivity index (χ1v) is 6.56. The number of rotatable bonds is 9. The fourth-order valence-corrected chi connectivity index (χ4v) is 1.59. The van der Waals surface area contributed by atoms with Crippen LogP contribution in [0.15, 0.2) is 23.5 Å². The molecule has 116 valence electrons. The molecule has 5 N–H and O–H groups in total. The van der Waals surface area contributed by atoms with Crippen molar-refractivity contribution in [2.24, 2.45) is 10.9 Å². The third kappa shape index (κ3) is 6.68. The highest BCUT2D eigenvalue weighted by Crippen LogP contribution is 2.01. The monoisotopic (exact) mass is 295 g/mol. The third-order valence-electron chi connectivity index (χ3n) is 2.68. The summed E-state index contributed by atoms with van der Waals surface area (Å²) in [6.07, 6.45) is 1.98. The zero-order valence-corrected chi connectivity index (χ0v) is 12.0. The van der Waals surface area contributed by atoms with Gasteiger partial charge in [0.1, 0.15) is 5.69 Å². The molecular weight excluding hydrogens is 274 g/mol. The first kappa shape index (κ1) is 16.9. The summed E-state index contributed by atoms with van der Waals surface area (Å²) in [5, 5.41) is 17.4. The molecule has 1 amide bonds. The lowest BCUT2D eigenvalue weighted by atomic mass is 10.2. The molecule has 0 atom stereocenters. The maximum Gasteiger partial charge on any atom is 0.221 e. The Kier molecular flexibility index (Phi) is 7.77. The summed E-state index contributed by atoms with van der Waals surface area (Å²) < 4.78 is 4.84. The topological polar surface area (TPSA) is 122 Å². The van der Waals surface area contributed by atoms with Gasteiger partial charge in [-0.3, -0.25) is 9.78 Å². The Morgan fingerprint density at radius 1 is 1.52 bits per heavy atom. The Hall–Kier alpha value is -2.19. The van der Waals surface area contributed by atoms with Crippen LogP contribution in [0.2, 0.25) is 0 Å². The molecule has 8 heteroatoms. The number of nitrogens with zero attached hydrogens (tertiary/aromatic N) is 2. The number of aromatic nitrogens is 1. The lowest BCUT2D eigenvalue weighted by molar-refractivity contribution is -0.121. The molecule has 0 aliphatic rings. The van der Waals surface area contributed by atoms with Crippen LogP contribution in [0, 0.1) is 0 Å². The van der Waals surface area contributed by atoms with Gasteiger partial charge < -0.3 is 26.3 Å². The number of amides is 1. The number of ether oxygens (including phenoxy) is 1. The maximum atomic E-state index is 11.4. The number of methoxy groups -OCH3 is 1. The number of hydrogen-bond donors (Lipinski definition) is 4. The zero-order valence-electron chi connectivity index (χ0n) is 12.0. The molecule has 1 aromatic rings. The van der Waals surface area contributed by atoms with Gasteiger partial charge in [-0.1, -0.05) is 5.16 Å². The summed E-state index contributed by atoms with van der Waals surface area (Å²) in [5.74, 6) is -0.0546. The lowest BCUT2D eigenvalue weighted by Gasteiger charge is -2.07. The zero-order chi connectivity index (χ0) is 15.5. The van der Waals surface area contributed by atoms with E-state index in [9.17, 15) is 4.79 Å². The van der Waals surface area contributed by atoms with Crippen LogP contribution >= 0.6 is 0 Å². The first-order chi connectivity index (χ1) is 10.2. The summed E-state index contributed by atoms with van der Waals surface area (Å²) in [5.41, 5.74) is 6.82. The summed E-state index contributed by atoms with van der Waals surface area (Å²) in [4.78, 5) is 15.4. The van der Waals surface area contributed by atoms with Gasteiger partial charge in [-0.15, -0.1) is 0 Å². The number of nitrogens with two attached hydrogens (primary N) is 1. The molecule has 0 saturated carbocycles. The molecule has 1 heterocycles. The van der Waals surface area contributed by atoms with Gasteiger partial charge in [0, 0.05) is 39.4 Å². The highest BCUT2D eigenvalue weighted by atomic mass is 16.5. The van der Waals surface area contributed by atoms with E-state index in [0.717, 1.165) is 5.56 Å². The number of oxime groups is 1. The number of pyridine rings is 1. The molecule has 0 bridgehead atoms. The fourth-order valence-electron chi connectivity index (χ4n) is 1.59. The molecule has 0 spiro atoms. The van der Waals surface area contributed by atoms with Gasteiger partial charge in [0.25, 0.3) is 0 Å². The van der Waals surface area contributed by atoms with Crippen LogP contribution in [0.3, 0.4) is 0 Å². The van der Waals surface area contributed by atoms with Gasteiger partial charge in [0.15, 0.2) is 5.84 Å². The van der Waals surface area contributed by atoms with Crippen LogP contribution in [0.4, 0.5) is 0 Å². The molecule has 21 heavy (non-hydrogen) atoms. The van der Waals surface area contributed by atoms with Crippen LogP contribution in [0.1, 0.15) is 17.7 Å². The largest absolute Gasteiger partial charge is 0.409 e. The number of nitrogens with one attached hydrogen (secondary N) is 2. The standard InChI is InChI=1S/C13H21N5O3/c1-21-7-6-17-12(19)3-4-15-9-10-2-5-16-11(8-10)13(14)18-20/h2,5,8,15,20H,3-4,6-7,9H2,1H3,(H2,14,18)(H,17,19). The summed E-state index contributed by atoms with van der Waals surface area (Å²) in [7, 11) is 1.59. The van der Waals surface area contributed by atoms with Crippen molar-refractivity contribution in [2.75, 3.05) is 26.8 Å². The molecule has 1 rings (SSSR count). The Labute approximate surface area is 123 Å². The van der Waals surface area contributed by atoms with E-state index in [1.165, 1.54) is 0 Å². The minimum atomic E-state index is -0.0330. The molecule has 0 aliphatic carbocycles. The van der Waals surface area contributed by atoms with Crippen molar-refractivity contribution in [2.45, 2.75) is 13.0 Å². The van der Waals surface area contributed by atoms with Crippen LogP contribution < -0.4 is 16.4 Å². The summed E-state index contributed by atoms with van der Waals surface area (Å²) in [6, 6.07) is 3.54. The smallest absolute Gasteiger partial charge is 0.221 e. The second-order valence-electron chi connectivity index (χ2n) is 4.30. The quantitative estimate of drug-likeness (QED) is 0.159. The predicted molar refractivity (Wildman–Crippen MR) is 78.0 cm³/mol. The minimum absolute atomic E-state index is 0.0216. The van der Waals surface area contributed by atoms with E-state index in [0.29, 0.717) is 38.4 Å². The molecule has 1 aromatic heterocycles. The second-order valence-corrected chi connectivity index (χ2v) is 4.30. The average molecular weight is 295 g/mol. The van der Waals surface area contributed by atoms with Gasteiger partial charge in [-0.2, -0.15) is 0 Å². The Bertz CT molecular complexity index is 479. The van der Waals surface area contributed by atoms with Crippen molar-refractivity contribution < 1.29 is 14.7 Å². The van der Waals surface area contributed by atoms with Gasteiger partial charge in [-0.05, 0) is 17.7 Å². The molecule has 0 saturated heterocycles. The summed E-state index contributed by atoms with van der Waals surface area (Å²) in [6.45, 7) is 2.15. The van der Waals surface area contributed by atoms with E-state index in [1.807, 2.05) is 6.07 Å². The van der Waals surface area contributed by atoms with E-state index in [1.54, 1.807) is 19.4 Å². The molecule has 0 unspecified atom stereocenters. The Balaban J connectivity index is 2.28. The fraction of sp³-hybridized carbons (Fsp3) is 0.462. The van der Waals surface area contributed by atoms with E-state index < -0.39 is 0 Å². The van der Waals surface area contributed by atoms with Crippen molar-refractivity contribution in [3.8, 4) is 0 Å². The van der Waals surface area contributed by atoms with Crippen LogP contribution in [-0.4, -0.2) is 48.7 Å². The minimum Gasteiger partial charge on any atom is -0.409 e. The van der Waals surface area contributed by atoms with Crippen molar-refractivity contribution in [3.63, 3.8) is 0 Å². The molecule has 0 radical (unpaired) electrons. The molecule has 8 nitrogen and oxygen atoms in total. The average Bonchev–Trinajstić information content (AvgIpc) is 2.51. The number of carbonyl (C=O) groups excluding carboxylic acids is 1. The van der Waals surface area contributed by atoms with E-state index in [2.05, 4.69) is 20.8 Å². The number of carbonyl (C=O) groups is 1. The Morgan fingerprint density at radius 3 is 3.05 bits per heavy atom. The van der Waals surface area contributed by atoms with Gasteiger partial charge in [-0.25, -0.2) is 0 Å². The SMILES string of the molecule is COCCNC(=O)CCNCc1ccnc(/C(N)=N/O)c1. The predicted octanol–water partition coefficient (Wildman–Crippen LogP) is -0.582. The van der Waals surface area contributed by atoms with Gasteiger partial charge >= 0.3 is 0 Å². The van der Waals surface area contributed by atoms with Crippen molar-refractivity contribution in [1.29, 1.82) is 0 Å². The van der Waals surface area contributed by atoms with Crippen molar-refractivity contribution in [1.82, 2.24) is 15.6 Å².